The molecular formula is C17H15F9N4O3. The fourth-order valence-electron chi connectivity index (χ4n) is 3.68. The predicted octanol–water partition coefficient (Wildman–Crippen LogP) is 4.17. The van der Waals surface area contributed by atoms with Gasteiger partial charge < -0.3 is 15.0 Å². The molecule has 1 saturated heterocycles. The van der Waals surface area contributed by atoms with Gasteiger partial charge in [0.15, 0.2) is 0 Å². The lowest BCUT2D eigenvalue weighted by molar-refractivity contribution is -0.308. The summed E-state index contributed by atoms with van der Waals surface area (Å²) in [7, 11) is 0. The Hall–Kier alpha value is -2.81. The highest BCUT2D eigenvalue weighted by atomic mass is 19.4. The quantitative estimate of drug-likeness (QED) is 0.638. The van der Waals surface area contributed by atoms with E-state index in [2.05, 4.69) is 20.0 Å². The maximum absolute atomic E-state index is 12.7. The Balaban J connectivity index is 1.55. The fraction of sp³-hybridized carbons (Fsp3) is 0.647. The van der Waals surface area contributed by atoms with Gasteiger partial charge in [-0.2, -0.15) is 39.5 Å². The number of rotatable bonds is 3. The Morgan fingerprint density at radius 2 is 1.64 bits per heavy atom. The predicted molar refractivity (Wildman–Crippen MR) is 89.4 cm³/mol. The van der Waals surface area contributed by atoms with E-state index in [-0.39, 0.29) is 38.2 Å². The number of nitrogens with one attached hydrogen (secondary N) is 1. The molecule has 1 N–H and O–H groups in total. The van der Waals surface area contributed by atoms with Crippen molar-refractivity contribution in [2.45, 2.75) is 43.9 Å². The number of amides is 2. The molecule has 0 bridgehead atoms. The number of ether oxygens (including phenoxy) is 1. The molecule has 0 radical (unpaired) electrons. The summed E-state index contributed by atoms with van der Waals surface area (Å²) in [5.74, 6) is -3.14. The van der Waals surface area contributed by atoms with Gasteiger partial charge in [0.05, 0.1) is 0 Å². The van der Waals surface area contributed by atoms with Crippen LogP contribution in [-0.4, -0.2) is 58.4 Å². The molecule has 1 atom stereocenters. The molecule has 33 heavy (non-hydrogen) atoms. The van der Waals surface area contributed by atoms with Crippen molar-refractivity contribution in [3.8, 4) is 0 Å². The second kappa shape index (κ2) is 8.20. The van der Waals surface area contributed by atoms with Crippen molar-refractivity contribution in [3.05, 3.63) is 18.1 Å². The van der Waals surface area contributed by atoms with E-state index in [0.29, 0.717) is 4.90 Å². The first-order valence-corrected chi connectivity index (χ1v) is 9.33. The van der Waals surface area contributed by atoms with Crippen molar-refractivity contribution in [1.29, 1.82) is 0 Å². The lowest BCUT2D eigenvalue weighted by Gasteiger charge is -2.33. The highest BCUT2D eigenvalue weighted by molar-refractivity contribution is 5.94. The molecule has 7 nitrogen and oxygen atoms in total. The number of halogens is 9. The second-order valence-corrected chi connectivity index (χ2v) is 7.71. The third-order valence-corrected chi connectivity index (χ3v) is 5.50. The van der Waals surface area contributed by atoms with E-state index in [9.17, 15) is 49.1 Å². The van der Waals surface area contributed by atoms with Gasteiger partial charge in [-0.25, -0.2) is 14.8 Å². The molecule has 1 spiro atoms. The van der Waals surface area contributed by atoms with Crippen LogP contribution < -0.4 is 5.32 Å². The molecule has 1 aromatic rings. The van der Waals surface area contributed by atoms with E-state index in [1.807, 2.05) is 0 Å². The van der Waals surface area contributed by atoms with Crippen LogP contribution in [0.4, 0.5) is 50.1 Å². The first-order valence-electron chi connectivity index (χ1n) is 9.33. The number of likely N-dealkylation sites (tertiary alicyclic amines) is 1. The topological polar surface area (TPSA) is 84.4 Å². The van der Waals surface area contributed by atoms with E-state index in [4.69, 9.17) is 0 Å². The molecule has 1 aliphatic heterocycles. The van der Waals surface area contributed by atoms with Crippen LogP contribution in [-0.2, 0) is 15.7 Å². The number of hydrogen-bond donors (Lipinski definition) is 1. The largest absolute Gasteiger partial charge is 0.451 e. The molecule has 1 aromatic heterocycles. The van der Waals surface area contributed by atoms with Crippen molar-refractivity contribution in [2.75, 3.05) is 18.4 Å². The molecule has 2 fully saturated rings. The smallest absolute Gasteiger partial charge is 0.426 e. The molecule has 184 valence electrons. The Bertz CT molecular complexity index is 894. The average molecular weight is 494 g/mol. The van der Waals surface area contributed by atoms with Crippen LogP contribution in [0, 0.1) is 11.3 Å². The number of nitrogens with zero attached hydrogens (tertiary/aromatic N) is 3. The van der Waals surface area contributed by atoms with E-state index in [1.165, 1.54) is 0 Å². The van der Waals surface area contributed by atoms with Gasteiger partial charge in [0.2, 0.25) is 11.7 Å². The Morgan fingerprint density at radius 3 is 2.15 bits per heavy atom. The normalized spacial score (nSPS) is 20.7. The van der Waals surface area contributed by atoms with Crippen LogP contribution in [0.5, 0.6) is 0 Å². The number of alkyl halides is 9. The van der Waals surface area contributed by atoms with Gasteiger partial charge in [-0.1, -0.05) is 0 Å². The SMILES string of the molecule is O=C(Nc1ccnc(C(F)(F)F)n1)[C@H]1CC12CCN(C(=O)OC(C(F)(F)F)C(F)(F)F)CC2. The Morgan fingerprint density at radius 1 is 1.06 bits per heavy atom. The van der Waals surface area contributed by atoms with Gasteiger partial charge in [0.25, 0.3) is 6.10 Å². The van der Waals surface area contributed by atoms with E-state index in [1.54, 1.807) is 0 Å². The van der Waals surface area contributed by atoms with Gasteiger partial charge >= 0.3 is 24.6 Å². The van der Waals surface area contributed by atoms with Crippen LogP contribution >= 0.6 is 0 Å². The lowest BCUT2D eigenvalue weighted by Crippen LogP contribution is -2.49. The number of hydrogen-bond acceptors (Lipinski definition) is 5. The van der Waals surface area contributed by atoms with Gasteiger partial charge in [0.1, 0.15) is 5.82 Å². The van der Waals surface area contributed by atoms with E-state index < -0.39 is 53.8 Å². The summed E-state index contributed by atoms with van der Waals surface area (Å²) >= 11 is 0. The zero-order valence-electron chi connectivity index (χ0n) is 16.3. The standard InChI is InChI=1S/C17H15F9N4O3/c18-15(19,20)11(16(21,22)23)33-13(32)30-5-2-14(3-6-30)7-8(14)10(31)28-9-1-4-27-12(29-9)17(24,25)26/h1,4,8,11H,2-3,5-7H2,(H,27,28,29,31)/t8-/m1/s1. The van der Waals surface area contributed by atoms with Gasteiger partial charge in [-0.3, -0.25) is 4.79 Å². The second-order valence-electron chi connectivity index (χ2n) is 7.71. The summed E-state index contributed by atoms with van der Waals surface area (Å²) in [5, 5.41) is 2.24. The molecular weight excluding hydrogens is 479 g/mol. The van der Waals surface area contributed by atoms with Crippen molar-refractivity contribution in [1.82, 2.24) is 14.9 Å². The number of carbonyl (C=O) groups excluding carboxylic acids is 2. The number of anilines is 1. The minimum Gasteiger partial charge on any atom is -0.426 e. The first kappa shape index (κ1) is 24.8. The molecule has 0 unspecified atom stereocenters. The van der Waals surface area contributed by atoms with E-state index in [0.717, 1.165) is 12.3 Å². The number of carbonyl (C=O) groups is 2. The van der Waals surface area contributed by atoms with Crippen LogP contribution in [0.15, 0.2) is 12.3 Å². The van der Waals surface area contributed by atoms with Crippen molar-refractivity contribution in [3.63, 3.8) is 0 Å². The monoisotopic (exact) mass is 494 g/mol. The minimum atomic E-state index is -5.84. The highest BCUT2D eigenvalue weighted by Gasteiger charge is 2.61. The van der Waals surface area contributed by atoms with Gasteiger partial charge in [-0.15, -0.1) is 0 Å². The molecule has 2 aliphatic rings. The molecule has 0 aromatic carbocycles. The maximum Gasteiger partial charge on any atom is 0.451 e. The van der Waals surface area contributed by atoms with Crippen LogP contribution in [0.25, 0.3) is 0 Å². The summed E-state index contributed by atoms with van der Waals surface area (Å²) in [5.41, 5.74) is -0.672. The van der Waals surface area contributed by atoms with Crippen molar-refractivity contribution in [2.24, 2.45) is 11.3 Å². The molecule has 1 aliphatic carbocycles. The van der Waals surface area contributed by atoms with Gasteiger partial charge in [0, 0.05) is 25.2 Å². The van der Waals surface area contributed by atoms with Crippen LogP contribution in [0.1, 0.15) is 25.1 Å². The van der Waals surface area contributed by atoms with E-state index >= 15 is 0 Å². The number of aromatic nitrogens is 2. The fourth-order valence-corrected chi connectivity index (χ4v) is 3.68. The summed E-state index contributed by atoms with van der Waals surface area (Å²) in [6, 6.07) is 1.05. The third-order valence-electron chi connectivity index (χ3n) is 5.50. The molecule has 2 amide bonds. The molecule has 16 heteroatoms. The van der Waals surface area contributed by atoms with Crippen LogP contribution in [0.3, 0.4) is 0 Å². The summed E-state index contributed by atoms with van der Waals surface area (Å²) in [6.45, 7) is -0.506. The Kier molecular flexibility index (Phi) is 6.17. The van der Waals surface area contributed by atoms with Crippen molar-refractivity contribution < 1.29 is 53.8 Å². The van der Waals surface area contributed by atoms with Gasteiger partial charge in [-0.05, 0) is 30.7 Å². The Labute approximate surface area is 179 Å². The summed E-state index contributed by atoms with van der Waals surface area (Å²) in [4.78, 5) is 31.2. The summed E-state index contributed by atoms with van der Waals surface area (Å²) in [6.07, 6.45) is -21.3. The zero-order valence-corrected chi connectivity index (χ0v) is 16.3. The zero-order chi connectivity index (χ0) is 24.8. The van der Waals surface area contributed by atoms with Crippen molar-refractivity contribution >= 4 is 17.8 Å². The number of piperidine rings is 1. The molecule has 2 heterocycles. The molecule has 1 saturated carbocycles. The molecule has 3 rings (SSSR count). The first-order chi connectivity index (χ1) is 15.0. The minimum absolute atomic E-state index is 0.0838. The third kappa shape index (κ3) is 5.58. The lowest BCUT2D eigenvalue weighted by atomic mass is 9.91. The average Bonchev–Trinajstić information content (AvgIpc) is 3.37. The maximum atomic E-state index is 12.7. The highest BCUT2D eigenvalue weighted by Crippen LogP contribution is 2.59. The summed E-state index contributed by atoms with van der Waals surface area (Å²) < 4.78 is 117. The van der Waals surface area contributed by atoms with Crippen LogP contribution in [0.2, 0.25) is 0 Å².